The first-order valence-corrected chi connectivity index (χ1v) is 6.57. The molecule has 0 radical (unpaired) electrons. The Kier molecular flexibility index (Phi) is 4.32. The van der Waals surface area contributed by atoms with Crippen LogP contribution in [0.1, 0.15) is 20.3 Å². The second kappa shape index (κ2) is 5.06. The molecule has 0 spiro atoms. The van der Waals surface area contributed by atoms with E-state index >= 15 is 0 Å². The first-order valence-electron chi connectivity index (χ1n) is 4.24. The SMILES string of the molecule is CC[N](CC)[Zr][C]1=CC=CC1. The minimum absolute atomic E-state index is 0.339. The predicted molar refractivity (Wildman–Crippen MR) is 44.8 cm³/mol. The fourth-order valence-corrected chi connectivity index (χ4v) is 3.82. The molecule has 0 aromatic heterocycles. The maximum absolute atomic E-state index is 2.61. The molecule has 11 heavy (non-hydrogen) atoms. The van der Waals surface area contributed by atoms with Gasteiger partial charge >= 0.3 is 81.2 Å². The van der Waals surface area contributed by atoms with Gasteiger partial charge in [-0.2, -0.15) is 0 Å². The Hall–Kier alpha value is 0.323. The average Bonchev–Trinajstić information content (AvgIpc) is 2.52. The van der Waals surface area contributed by atoms with Crippen LogP contribution in [0.5, 0.6) is 0 Å². The van der Waals surface area contributed by atoms with Crippen LogP contribution in [-0.2, 0) is 23.5 Å². The molecular formula is C9H15NZr. The zero-order chi connectivity index (χ0) is 8.10. The van der Waals surface area contributed by atoms with Crippen LogP contribution in [-0.4, -0.2) is 15.9 Å². The van der Waals surface area contributed by atoms with Gasteiger partial charge in [-0.05, 0) is 0 Å². The average molecular weight is 228 g/mol. The molecule has 0 atom stereocenters. The van der Waals surface area contributed by atoms with E-state index in [-0.39, 0.29) is 23.5 Å². The summed E-state index contributed by atoms with van der Waals surface area (Å²) in [7, 11) is 0. The first kappa shape index (κ1) is 9.41. The second-order valence-electron chi connectivity index (χ2n) is 2.61. The Morgan fingerprint density at radius 2 is 2.18 bits per heavy atom. The monoisotopic (exact) mass is 227 g/mol. The summed E-state index contributed by atoms with van der Waals surface area (Å²) in [5.74, 6) is 0. The summed E-state index contributed by atoms with van der Waals surface area (Å²) in [4.78, 5) is 0. The summed E-state index contributed by atoms with van der Waals surface area (Å²) >= 11 is -0.339. The number of rotatable bonds is 4. The topological polar surface area (TPSA) is 3.24 Å². The molecule has 0 aromatic rings. The second-order valence-corrected chi connectivity index (χ2v) is 6.29. The standard InChI is InChI=1S/C5H5.C4H10N.Zr/c1-2-4-5-3-1;1-3-5-4-2;/h1-3H,4H2;3-4H2,1-2H3;/q;-1;+1. The number of nitrogens with zero attached hydrogens (tertiary/aromatic N) is 1. The Morgan fingerprint density at radius 3 is 2.64 bits per heavy atom. The van der Waals surface area contributed by atoms with Crippen LogP contribution in [0.4, 0.5) is 0 Å². The Labute approximate surface area is 81.1 Å². The molecule has 0 saturated carbocycles. The van der Waals surface area contributed by atoms with Gasteiger partial charge in [-0.1, -0.05) is 0 Å². The summed E-state index contributed by atoms with van der Waals surface area (Å²) in [6.07, 6.45) is 8.01. The van der Waals surface area contributed by atoms with Crippen LogP contribution in [0.2, 0.25) is 0 Å². The molecule has 0 aromatic carbocycles. The fraction of sp³-hybridized carbons (Fsp3) is 0.556. The van der Waals surface area contributed by atoms with E-state index in [9.17, 15) is 0 Å². The molecule has 0 unspecified atom stereocenters. The van der Waals surface area contributed by atoms with Crippen molar-refractivity contribution >= 4 is 0 Å². The molecule has 2 heteroatoms. The quantitative estimate of drug-likeness (QED) is 0.713. The zero-order valence-corrected chi connectivity index (χ0v) is 9.76. The van der Waals surface area contributed by atoms with Crippen molar-refractivity contribution in [2.45, 2.75) is 20.3 Å². The molecule has 0 fully saturated rings. The molecular weight excluding hydrogens is 213 g/mol. The van der Waals surface area contributed by atoms with Crippen LogP contribution in [0.15, 0.2) is 21.5 Å². The van der Waals surface area contributed by atoms with Crippen molar-refractivity contribution < 1.29 is 23.5 Å². The van der Waals surface area contributed by atoms with Crippen molar-refractivity contribution in [1.29, 1.82) is 0 Å². The molecule has 0 heterocycles. The van der Waals surface area contributed by atoms with Gasteiger partial charge < -0.3 is 0 Å². The summed E-state index contributed by atoms with van der Waals surface area (Å²) in [6, 6.07) is 0. The summed E-state index contributed by atoms with van der Waals surface area (Å²) in [6.45, 7) is 6.99. The number of hydrogen-bond donors (Lipinski definition) is 0. The maximum atomic E-state index is 2.61. The summed E-state index contributed by atoms with van der Waals surface area (Å²) in [5, 5.41) is 0. The van der Waals surface area contributed by atoms with Gasteiger partial charge in [0.05, 0.1) is 0 Å². The first-order chi connectivity index (χ1) is 5.36. The molecule has 0 N–H and O–H groups in total. The molecule has 1 aliphatic carbocycles. The minimum atomic E-state index is -0.339. The third kappa shape index (κ3) is 3.05. The molecule has 1 rings (SSSR count). The van der Waals surface area contributed by atoms with Crippen LogP contribution in [0, 0.1) is 0 Å². The van der Waals surface area contributed by atoms with Gasteiger partial charge in [0.25, 0.3) is 0 Å². The van der Waals surface area contributed by atoms with Crippen molar-refractivity contribution in [3.05, 3.63) is 21.5 Å². The molecule has 60 valence electrons. The van der Waals surface area contributed by atoms with Crippen LogP contribution >= 0.6 is 0 Å². The van der Waals surface area contributed by atoms with Crippen molar-refractivity contribution in [2.75, 3.05) is 13.1 Å². The van der Waals surface area contributed by atoms with Gasteiger partial charge in [0, 0.05) is 0 Å². The Morgan fingerprint density at radius 1 is 1.45 bits per heavy atom. The molecule has 1 aliphatic rings. The third-order valence-corrected chi connectivity index (χ3v) is 5.79. The molecule has 0 amide bonds. The van der Waals surface area contributed by atoms with Crippen molar-refractivity contribution in [1.82, 2.24) is 2.84 Å². The van der Waals surface area contributed by atoms with Crippen molar-refractivity contribution in [2.24, 2.45) is 0 Å². The summed E-state index contributed by atoms with van der Waals surface area (Å²) in [5.41, 5.74) is 0. The van der Waals surface area contributed by atoms with Gasteiger partial charge in [0.15, 0.2) is 0 Å². The normalized spacial score (nSPS) is 15.7. The predicted octanol–water partition coefficient (Wildman–Crippen LogP) is 2.17. The number of hydrogen-bond acceptors (Lipinski definition) is 1. The zero-order valence-electron chi connectivity index (χ0n) is 7.30. The van der Waals surface area contributed by atoms with Gasteiger partial charge in [-0.25, -0.2) is 0 Å². The summed E-state index contributed by atoms with van der Waals surface area (Å²) < 4.78 is 4.33. The Bertz CT molecular complexity index is 168. The van der Waals surface area contributed by atoms with Crippen LogP contribution < -0.4 is 0 Å². The van der Waals surface area contributed by atoms with E-state index in [0.717, 1.165) is 0 Å². The van der Waals surface area contributed by atoms with Crippen molar-refractivity contribution in [3.63, 3.8) is 0 Å². The van der Waals surface area contributed by atoms with E-state index in [1.54, 1.807) is 3.28 Å². The van der Waals surface area contributed by atoms with E-state index in [4.69, 9.17) is 0 Å². The fourth-order valence-electron chi connectivity index (χ4n) is 1.11. The van der Waals surface area contributed by atoms with E-state index in [2.05, 4.69) is 34.9 Å². The van der Waals surface area contributed by atoms with Gasteiger partial charge in [-0.3, -0.25) is 0 Å². The van der Waals surface area contributed by atoms with Gasteiger partial charge in [-0.15, -0.1) is 0 Å². The van der Waals surface area contributed by atoms with E-state index < -0.39 is 0 Å². The van der Waals surface area contributed by atoms with E-state index in [1.165, 1.54) is 19.5 Å². The van der Waals surface area contributed by atoms with Crippen LogP contribution in [0.25, 0.3) is 0 Å². The Balaban J connectivity index is 2.29. The molecule has 1 nitrogen and oxygen atoms in total. The molecule has 0 aliphatic heterocycles. The van der Waals surface area contributed by atoms with E-state index in [1.807, 2.05) is 0 Å². The van der Waals surface area contributed by atoms with Gasteiger partial charge in [0.1, 0.15) is 0 Å². The van der Waals surface area contributed by atoms with Crippen molar-refractivity contribution in [3.8, 4) is 0 Å². The third-order valence-electron chi connectivity index (χ3n) is 1.84. The van der Waals surface area contributed by atoms with Gasteiger partial charge in [0.2, 0.25) is 0 Å². The number of allylic oxidation sites excluding steroid dienone is 4. The molecule has 0 bridgehead atoms. The van der Waals surface area contributed by atoms with E-state index in [0.29, 0.717) is 0 Å². The molecule has 0 saturated heterocycles. The van der Waals surface area contributed by atoms with Crippen LogP contribution in [0.3, 0.4) is 0 Å².